The van der Waals surface area contributed by atoms with Crippen LogP contribution in [0.1, 0.15) is 36.7 Å². The second-order valence-corrected chi connectivity index (χ2v) is 5.69. The zero-order valence-corrected chi connectivity index (χ0v) is 12.5. The van der Waals surface area contributed by atoms with Crippen LogP contribution in [0.4, 0.5) is 19.0 Å². The Morgan fingerprint density at radius 2 is 2.12 bits per heavy atom. The molecular formula is C14H14F3N7. The van der Waals surface area contributed by atoms with Crippen LogP contribution in [0.3, 0.4) is 0 Å². The van der Waals surface area contributed by atoms with Crippen molar-refractivity contribution in [2.75, 3.05) is 11.4 Å². The van der Waals surface area contributed by atoms with Gasteiger partial charge in [-0.15, -0.1) is 0 Å². The van der Waals surface area contributed by atoms with E-state index in [1.807, 2.05) is 11.0 Å². The van der Waals surface area contributed by atoms with Gasteiger partial charge in [0.05, 0.1) is 11.7 Å². The van der Waals surface area contributed by atoms with Crippen LogP contribution in [-0.4, -0.2) is 36.3 Å². The molecule has 0 aromatic carbocycles. The van der Waals surface area contributed by atoms with E-state index in [0.717, 1.165) is 31.0 Å². The monoisotopic (exact) mass is 337 g/mol. The fourth-order valence-electron chi connectivity index (χ4n) is 3.13. The normalized spacial score (nSPS) is 19.1. The Kier molecular flexibility index (Phi) is 3.39. The van der Waals surface area contributed by atoms with Gasteiger partial charge in [-0.25, -0.2) is 4.98 Å². The molecule has 126 valence electrons. The van der Waals surface area contributed by atoms with Crippen molar-refractivity contribution in [2.24, 2.45) is 0 Å². The number of hydrogen-bond donors (Lipinski definition) is 1. The van der Waals surface area contributed by atoms with Crippen molar-refractivity contribution in [3.8, 4) is 0 Å². The van der Waals surface area contributed by atoms with Gasteiger partial charge in [-0.3, -0.25) is 5.10 Å². The molecular weight excluding hydrogens is 323 g/mol. The van der Waals surface area contributed by atoms with E-state index in [2.05, 4.69) is 25.3 Å². The van der Waals surface area contributed by atoms with Gasteiger partial charge < -0.3 is 4.90 Å². The first-order valence-electron chi connectivity index (χ1n) is 7.58. The average molecular weight is 337 g/mol. The van der Waals surface area contributed by atoms with E-state index >= 15 is 0 Å². The minimum absolute atomic E-state index is 0.0613. The van der Waals surface area contributed by atoms with Gasteiger partial charge in [0.25, 0.3) is 5.78 Å². The molecule has 1 aliphatic rings. The molecule has 24 heavy (non-hydrogen) atoms. The molecule has 4 rings (SSSR count). The molecule has 1 N–H and O–H groups in total. The summed E-state index contributed by atoms with van der Waals surface area (Å²) in [7, 11) is 0. The van der Waals surface area contributed by atoms with E-state index in [0.29, 0.717) is 12.4 Å². The summed E-state index contributed by atoms with van der Waals surface area (Å²) in [5.74, 6) is 0.276. The van der Waals surface area contributed by atoms with Gasteiger partial charge in [0.15, 0.2) is 5.69 Å². The van der Waals surface area contributed by atoms with Gasteiger partial charge in [-0.1, -0.05) is 0 Å². The summed E-state index contributed by atoms with van der Waals surface area (Å²) in [6.45, 7) is 0.625. The predicted octanol–water partition coefficient (Wildman–Crippen LogP) is 2.60. The minimum Gasteiger partial charge on any atom is -0.348 e. The number of fused-ring (bicyclic) bond motifs is 1. The van der Waals surface area contributed by atoms with E-state index in [9.17, 15) is 13.2 Å². The van der Waals surface area contributed by atoms with Crippen molar-refractivity contribution in [3.05, 3.63) is 36.0 Å². The first-order chi connectivity index (χ1) is 11.5. The summed E-state index contributed by atoms with van der Waals surface area (Å²) < 4.78 is 40.9. The Morgan fingerprint density at radius 3 is 2.88 bits per heavy atom. The Labute approximate surface area is 134 Å². The second kappa shape index (κ2) is 5.46. The summed E-state index contributed by atoms with van der Waals surface area (Å²) in [5.41, 5.74) is -0.0970. The van der Waals surface area contributed by atoms with Crippen LogP contribution in [-0.2, 0) is 6.18 Å². The van der Waals surface area contributed by atoms with Crippen LogP contribution in [0.5, 0.6) is 0 Å². The number of hydrogen-bond acceptors (Lipinski definition) is 5. The lowest BCUT2D eigenvalue weighted by Gasteiger charge is -2.36. The number of nitrogens with one attached hydrogen (secondary N) is 1. The fourth-order valence-corrected chi connectivity index (χ4v) is 3.13. The van der Waals surface area contributed by atoms with E-state index in [1.54, 1.807) is 6.20 Å². The highest BCUT2D eigenvalue weighted by Crippen LogP contribution is 2.36. The molecule has 3 aromatic rings. The molecule has 4 heterocycles. The first-order valence-corrected chi connectivity index (χ1v) is 7.58. The van der Waals surface area contributed by atoms with Crippen LogP contribution in [0.2, 0.25) is 0 Å². The first kappa shape index (κ1) is 14.9. The zero-order chi connectivity index (χ0) is 16.7. The van der Waals surface area contributed by atoms with Crippen molar-refractivity contribution in [1.29, 1.82) is 0 Å². The van der Waals surface area contributed by atoms with Crippen LogP contribution >= 0.6 is 0 Å². The molecule has 1 aliphatic heterocycles. The third-order valence-corrected chi connectivity index (χ3v) is 4.20. The van der Waals surface area contributed by atoms with Crippen LogP contribution in [0.15, 0.2) is 24.7 Å². The Morgan fingerprint density at radius 1 is 1.25 bits per heavy atom. The van der Waals surface area contributed by atoms with E-state index < -0.39 is 11.9 Å². The van der Waals surface area contributed by atoms with Gasteiger partial charge in [-0.05, 0) is 25.3 Å². The number of halogens is 3. The lowest BCUT2D eigenvalue weighted by Crippen LogP contribution is -2.35. The largest absolute Gasteiger partial charge is 0.433 e. The van der Waals surface area contributed by atoms with Crippen molar-refractivity contribution in [3.63, 3.8) is 0 Å². The number of anilines is 1. The number of aromatic nitrogens is 6. The zero-order valence-electron chi connectivity index (χ0n) is 12.5. The molecule has 0 bridgehead atoms. The summed E-state index contributed by atoms with van der Waals surface area (Å²) >= 11 is 0. The third-order valence-electron chi connectivity index (χ3n) is 4.20. The summed E-state index contributed by atoms with van der Waals surface area (Å²) in [4.78, 5) is 9.31. The molecule has 1 fully saturated rings. The highest BCUT2D eigenvalue weighted by Gasteiger charge is 2.36. The molecule has 10 heteroatoms. The summed E-state index contributed by atoms with van der Waals surface area (Å²) in [6.07, 6.45) is 1.02. The molecule has 7 nitrogen and oxygen atoms in total. The lowest BCUT2D eigenvalue weighted by atomic mass is 9.99. The Hall–Kier alpha value is -2.65. The van der Waals surface area contributed by atoms with Gasteiger partial charge in [-0.2, -0.15) is 32.9 Å². The Balaban J connectivity index is 1.85. The molecule has 1 unspecified atom stereocenters. The number of rotatable bonds is 2. The predicted molar refractivity (Wildman–Crippen MR) is 78.3 cm³/mol. The van der Waals surface area contributed by atoms with E-state index in [1.165, 1.54) is 10.8 Å². The van der Waals surface area contributed by atoms with Crippen LogP contribution < -0.4 is 4.90 Å². The van der Waals surface area contributed by atoms with Gasteiger partial charge in [0.2, 0.25) is 0 Å². The van der Waals surface area contributed by atoms with Crippen molar-refractivity contribution >= 4 is 11.6 Å². The Bertz CT molecular complexity index is 840. The van der Waals surface area contributed by atoms with Crippen LogP contribution in [0.25, 0.3) is 5.78 Å². The van der Waals surface area contributed by atoms with E-state index in [-0.39, 0.29) is 11.8 Å². The topological polar surface area (TPSA) is 75.0 Å². The summed E-state index contributed by atoms with van der Waals surface area (Å²) in [6, 6.07) is 2.79. The maximum absolute atomic E-state index is 13.2. The van der Waals surface area contributed by atoms with Crippen molar-refractivity contribution in [2.45, 2.75) is 31.5 Å². The van der Waals surface area contributed by atoms with Gasteiger partial charge in [0, 0.05) is 18.8 Å². The van der Waals surface area contributed by atoms with Gasteiger partial charge in [0.1, 0.15) is 12.1 Å². The van der Waals surface area contributed by atoms with Crippen molar-refractivity contribution < 1.29 is 13.2 Å². The number of alkyl halides is 3. The highest BCUT2D eigenvalue weighted by atomic mass is 19.4. The SMILES string of the molecule is FC(F)(F)c1cc(N2CCCCC2c2ccn[nH]2)n2ncnc2n1. The maximum atomic E-state index is 13.2. The second-order valence-electron chi connectivity index (χ2n) is 5.69. The highest BCUT2D eigenvalue weighted by molar-refractivity contribution is 5.50. The quantitative estimate of drug-likeness (QED) is 0.778. The standard InChI is InChI=1S/C14H14F3N7/c15-14(16,17)11-7-12(24-13(21-11)18-8-20-24)23-6-2-1-3-10(23)9-4-5-19-22-9/h4-5,7-8,10H,1-3,6H2,(H,19,22). The lowest BCUT2D eigenvalue weighted by molar-refractivity contribution is -0.141. The molecule has 0 saturated carbocycles. The molecule has 0 aliphatic carbocycles. The third kappa shape index (κ3) is 2.47. The molecule has 0 radical (unpaired) electrons. The van der Waals surface area contributed by atoms with Crippen molar-refractivity contribution in [1.82, 2.24) is 29.8 Å². The number of aromatic amines is 1. The number of H-pyrrole nitrogens is 1. The molecule has 1 saturated heterocycles. The van der Waals surface area contributed by atoms with Crippen LogP contribution in [0, 0.1) is 0 Å². The smallest absolute Gasteiger partial charge is 0.348 e. The molecule has 3 aromatic heterocycles. The fraction of sp³-hybridized carbons (Fsp3) is 0.429. The molecule has 0 spiro atoms. The number of nitrogens with zero attached hydrogens (tertiary/aromatic N) is 6. The minimum atomic E-state index is -4.54. The average Bonchev–Trinajstić information content (AvgIpc) is 3.24. The number of piperidine rings is 1. The van der Waals surface area contributed by atoms with E-state index in [4.69, 9.17) is 0 Å². The maximum Gasteiger partial charge on any atom is 0.433 e. The molecule has 0 amide bonds. The van der Waals surface area contributed by atoms with Gasteiger partial charge >= 0.3 is 6.18 Å². The summed E-state index contributed by atoms with van der Waals surface area (Å²) in [5, 5.41) is 10.9. The molecule has 1 atom stereocenters.